The Labute approximate surface area is 179 Å². The van der Waals surface area contributed by atoms with Gasteiger partial charge in [-0.25, -0.2) is 4.98 Å². The molecule has 2 aromatic rings. The first-order chi connectivity index (χ1) is 13.8. The lowest BCUT2D eigenvalue weighted by molar-refractivity contribution is -0.133. The van der Waals surface area contributed by atoms with Crippen LogP contribution in [0.15, 0.2) is 47.8 Å². The van der Waals surface area contributed by atoms with E-state index in [1.165, 1.54) is 11.3 Å². The van der Waals surface area contributed by atoms with E-state index in [1.54, 1.807) is 23.0 Å². The Morgan fingerprint density at radius 1 is 1.34 bits per heavy atom. The van der Waals surface area contributed by atoms with Gasteiger partial charge in [-0.05, 0) is 19.4 Å². The molecule has 1 atom stereocenters. The van der Waals surface area contributed by atoms with E-state index >= 15 is 0 Å². The van der Waals surface area contributed by atoms with Gasteiger partial charge in [0.1, 0.15) is 15.4 Å². The van der Waals surface area contributed by atoms with Gasteiger partial charge in [0.05, 0.1) is 23.7 Å². The number of hydrogen-bond acceptors (Lipinski definition) is 5. The number of amides is 2. The number of hydrogen-bond donors (Lipinski definition) is 1. The molecule has 4 rings (SSSR count). The van der Waals surface area contributed by atoms with Crippen LogP contribution in [0.3, 0.4) is 0 Å². The first-order valence-electron chi connectivity index (χ1n) is 9.52. The highest BCUT2D eigenvalue weighted by atomic mass is 35.5. The van der Waals surface area contributed by atoms with Gasteiger partial charge >= 0.3 is 0 Å². The van der Waals surface area contributed by atoms with Gasteiger partial charge < -0.3 is 15.1 Å². The van der Waals surface area contributed by atoms with Crippen LogP contribution in [0.25, 0.3) is 0 Å². The maximum absolute atomic E-state index is 13.3. The summed E-state index contributed by atoms with van der Waals surface area (Å²) < 4.78 is 0.535. The molecule has 6 nitrogen and oxygen atoms in total. The molecule has 8 heteroatoms. The van der Waals surface area contributed by atoms with Gasteiger partial charge in [-0.2, -0.15) is 0 Å². The second kappa shape index (κ2) is 7.46. The van der Waals surface area contributed by atoms with Gasteiger partial charge in [-0.15, -0.1) is 11.3 Å². The van der Waals surface area contributed by atoms with Crippen molar-refractivity contribution in [2.45, 2.75) is 31.8 Å². The molecule has 2 aliphatic rings. The molecule has 0 radical (unpaired) electrons. The van der Waals surface area contributed by atoms with E-state index in [2.05, 4.69) is 10.3 Å². The van der Waals surface area contributed by atoms with Crippen molar-refractivity contribution in [2.24, 2.45) is 0 Å². The van der Waals surface area contributed by atoms with Gasteiger partial charge in [0, 0.05) is 25.8 Å². The lowest BCUT2D eigenvalue weighted by Crippen LogP contribution is -2.46. The Morgan fingerprint density at radius 2 is 2.07 bits per heavy atom. The highest BCUT2D eigenvalue weighted by Gasteiger charge is 2.49. The first-order valence-corrected chi connectivity index (χ1v) is 10.7. The highest BCUT2D eigenvalue weighted by molar-refractivity contribution is 7.15. The third kappa shape index (κ3) is 3.42. The average molecular weight is 431 g/mol. The zero-order valence-corrected chi connectivity index (χ0v) is 18.2. The molecule has 3 heterocycles. The normalized spacial score (nSPS) is 21.1. The maximum atomic E-state index is 13.3. The second-order valence-electron chi connectivity index (χ2n) is 7.79. The number of benzene rings is 1. The predicted molar refractivity (Wildman–Crippen MR) is 114 cm³/mol. The molecular formula is C21H23ClN4O2S. The molecule has 0 spiro atoms. The van der Waals surface area contributed by atoms with E-state index in [1.807, 2.05) is 44.2 Å². The van der Waals surface area contributed by atoms with Crippen LogP contribution in [-0.2, 0) is 16.0 Å². The quantitative estimate of drug-likeness (QED) is 0.812. The summed E-state index contributed by atoms with van der Waals surface area (Å²) in [6, 6.07) is 9.09. The van der Waals surface area contributed by atoms with Crippen molar-refractivity contribution in [3.05, 3.63) is 62.7 Å². The third-order valence-corrected chi connectivity index (χ3v) is 6.91. The Balaban J connectivity index is 1.79. The van der Waals surface area contributed by atoms with Crippen molar-refractivity contribution < 1.29 is 9.59 Å². The molecule has 1 N–H and O–H groups in total. The van der Waals surface area contributed by atoms with E-state index < -0.39 is 11.6 Å². The van der Waals surface area contributed by atoms with Crippen LogP contribution in [0.5, 0.6) is 0 Å². The lowest BCUT2D eigenvalue weighted by atomic mass is 9.97. The number of halogens is 1. The number of nitrogens with one attached hydrogen (secondary N) is 1. The number of likely N-dealkylation sites (N-methyl/N-ethyl adjacent to an activating group) is 1. The van der Waals surface area contributed by atoms with E-state index in [0.717, 1.165) is 11.3 Å². The molecule has 2 aliphatic heterocycles. The molecule has 0 saturated carbocycles. The van der Waals surface area contributed by atoms with E-state index in [0.29, 0.717) is 28.0 Å². The van der Waals surface area contributed by atoms with Crippen molar-refractivity contribution in [1.29, 1.82) is 0 Å². The minimum absolute atomic E-state index is 0.0387. The first kappa shape index (κ1) is 19.9. The standard InChI is InChI=1S/C21H23ClN4O2S/c1-21(2)18-16(20(28)25(21)3)17(19-24-12-14(22)29-19)26(10-9-23-18)15(27)11-13-7-5-4-6-8-13/h4-8,12,17,23H,9-11H2,1-3H3. The van der Waals surface area contributed by atoms with Crippen LogP contribution in [0.2, 0.25) is 4.34 Å². The average Bonchev–Trinajstić information content (AvgIpc) is 3.09. The minimum atomic E-state index is -0.551. The van der Waals surface area contributed by atoms with Gasteiger partial charge in [0.25, 0.3) is 5.91 Å². The zero-order chi connectivity index (χ0) is 20.8. The molecule has 1 aromatic carbocycles. The summed E-state index contributed by atoms with van der Waals surface area (Å²) in [5.41, 5.74) is 1.90. The summed E-state index contributed by atoms with van der Waals surface area (Å²) in [6.45, 7) is 5.06. The van der Waals surface area contributed by atoms with Crippen LogP contribution in [-0.4, -0.2) is 52.3 Å². The van der Waals surface area contributed by atoms with Crippen LogP contribution >= 0.6 is 22.9 Å². The number of carbonyl (C=O) groups is 2. The van der Waals surface area contributed by atoms with Crippen molar-refractivity contribution in [3.63, 3.8) is 0 Å². The lowest BCUT2D eigenvalue weighted by Gasteiger charge is -2.32. The fourth-order valence-electron chi connectivity index (χ4n) is 3.98. The molecule has 1 unspecified atom stereocenters. The van der Waals surface area contributed by atoms with E-state index in [-0.39, 0.29) is 18.2 Å². The van der Waals surface area contributed by atoms with Crippen LogP contribution in [0.1, 0.15) is 30.5 Å². The van der Waals surface area contributed by atoms with Gasteiger partial charge in [0.2, 0.25) is 5.91 Å². The maximum Gasteiger partial charge on any atom is 0.254 e. The SMILES string of the molecule is CN1C(=O)C2=C(NCCN(C(=O)Cc3ccccc3)C2c2ncc(Cl)s2)C1(C)C. The van der Waals surface area contributed by atoms with Gasteiger partial charge in [0.15, 0.2) is 0 Å². The summed E-state index contributed by atoms with van der Waals surface area (Å²) in [5.74, 6) is -0.128. The molecule has 0 saturated heterocycles. The number of rotatable bonds is 3. The summed E-state index contributed by atoms with van der Waals surface area (Å²) >= 11 is 7.48. The van der Waals surface area contributed by atoms with Crippen LogP contribution in [0.4, 0.5) is 0 Å². The topological polar surface area (TPSA) is 65.5 Å². The minimum Gasteiger partial charge on any atom is -0.384 e. The van der Waals surface area contributed by atoms with Gasteiger partial charge in [-0.3, -0.25) is 9.59 Å². The fourth-order valence-corrected chi connectivity index (χ4v) is 5.03. The van der Waals surface area contributed by atoms with Crippen molar-refractivity contribution >= 4 is 34.8 Å². The predicted octanol–water partition coefficient (Wildman–Crippen LogP) is 3.02. The molecule has 2 amide bonds. The Kier molecular flexibility index (Phi) is 5.12. The monoisotopic (exact) mass is 430 g/mol. The van der Waals surface area contributed by atoms with Crippen molar-refractivity contribution in [1.82, 2.24) is 20.1 Å². The molecule has 1 aromatic heterocycles. The fraction of sp³-hybridized carbons (Fsp3) is 0.381. The Bertz CT molecular complexity index is 986. The van der Waals surface area contributed by atoms with Gasteiger partial charge in [-0.1, -0.05) is 41.9 Å². The summed E-state index contributed by atoms with van der Waals surface area (Å²) in [5, 5.41) is 4.08. The van der Waals surface area contributed by atoms with Crippen LogP contribution in [0, 0.1) is 0 Å². The second-order valence-corrected chi connectivity index (χ2v) is 9.49. The van der Waals surface area contributed by atoms with E-state index in [4.69, 9.17) is 11.6 Å². The largest absolute Gasteiger partial charge is 0.384 e. The summed E-state index contributed by atoms with van der Waals surface area (Å²) in [4.78, 5) is 34.5. The third-order valence-electron chi connectivity index (χ3n) is 5.74. The number of nitrogens with zero attached hydrogens (tertiary/aromatic N) is 3. The van der Waals surface area contributed by atoms with Crippen molar-refractivity contribution in [3.8, 4) is 0 Å². The number of carbonyl (C=O) groups excluding carboxylic acids is 2. The summed E-state index contributed by atoms with van der Waals surface area (Å²) in [6.07, 6.45) is 1.85. The number of aromatic nitrogens is 1. The molecular weight excluding hydrogens is 408 g/mol. The molecule has 0 bridgehead atoms. The Hall–Kier alpha value is -2.38. The molecule has 29 heavy (non-hydrogen) atoms. The van der Waals surface area contributed by atoms with Crippen molar-refractivity contribution in [2.75, 3.05) is 20.1 Å². The molecule has 152 valence electrons. The number of thiazole rings is 1. The molecule has 0 fully saturated rings. The highest BCUT2D eigenvalue weighted by Crippen LogP contribution is 2.43. The smallest absolute Gasteiger partial charge is 0.254 e. The van der Waals surface area contributed by atoms with E-state index in [9.17, 15) is 9.59 Å². The molecule has 0 aliphatic carbocycles. The summed E-state index contributed by atoms with van der Waals surface area (Å²) in [7, 11) is 1.79. The Morgan fingerprint density at radius 3 is 2.72 bits per heavy atom. The zero-order valence-electron chi connectivity index (χ0n) is 16.6. The van der Waals surface area contributed by atoms with Crippen LogP contribution < -0.4 is 5.32 Å².